The molecule has 0 radical (unpaired) electrons. The summed E-state index contributed by atoms with van der Waals surface area (Å²) in [5, 5.41) is 5.86. The molecule has 2 aromatic carbocycles. The van der Waals surface area contributed by atoms with Gasteiger partial charge < -0.3 is 10.2 Å². The van der Waals surface area contributed by atoms with Crippen LogP contribution in [0.5, 0.6) is 0 Å². The molecule has 1 unspecified atom stereocenters. The van der Waals surface area contributed by atoms with Crippen LogP contribution in [0.3, 0.4) is 0 Å². The van der Waals surface area contributed by atoms with Crippen LogP contribution in [0.2, 0.25) is 0 Å². The number of nitrogens with one attached hydrogen (secondary N) is 2. The molecule has 30 heavy (non-hydrogen) atoms. The van der Waals surface area contributed by atoms with Gasteiger partial charge >= 0.3 is 0 Å². The molecule has 0 bridgehead atoms. The number of carbonyl (C=O) groups excluding carboxylic acids is 1. The third-order valence-corrected chi connectivity index (χ3v) is 6.99. The molecule has 1 fully saturated rings. The molecule has 1 atom stereocenters. The van der Waals surface area contributed by atoms with E-state index in [0.717, 1.165) is 24.2 Å². The number of anilines is 2. The van der Waals surface area contributed by atoms with Gasteiger partial charge in [-0.1, -0.05) is 12.1 Å². The summed E-state index contributed by atoms with van der Waals surface area (Å²) >= 11 is 1.57. The fourth-order valence-electron chi connectivity index (χ4n) is 3.26. The van der Waals surface area contributed by atoms with Gasteiger partial charge in [-0.05, 0) is 42.8 Å². The highest BCUT2D eigenvalue weighted by Gasteiger charge is 2.25. The number of benzene rings is 2. The molecule has 156 valence electrons. The molecule has 3 aromatic rings. The summed E-state index contributed by atoms with van der Waals surface area (Å²) in [6, 6.07) is 11.2. The zero-order chi connectivity index (χ0) is 21.1. The van der Waals surface area contributed by atoms with Gasteiger partial charge in [0, 0.05) is 42.0 Å². The van der Waals surface area contributed by atoms with Gasteiger partial charge in [-0.3, -0.25) is 9.52 Å². The Labute approximate surface area is 177 Å². The number of rotatable bonds is 6. The minimum atomic E-state index is -4.06. The number of halogens is 1. The summed E-state index contributed by atoms with van der Waals surface area (Å²) in [5.41, 5.74) is 0.655. The van der Waals surface area contributed by atoms with Gasteiger partial charge in [-0.2, -0.15) is 0 Å². The van der Waals surface area contributed by atoms with Crippen molar-refractivity contribution in [2.45, 2.75) is 17.4 Å². The Kier molecular flexibility index (Phi) is 5.69. The molecule has 1 aliphatic heterocycles. The monoisotopic (exact) mass is 446 g/mol. The predicted octanol–water partition coefficient (Wildman–Crippen LogP) is 3.09. The van der Waals surface area contributed by atoms with Crippen molar-refractivity contribution >= 4 is 38.1 Å². The van der Waals surface area contributed by atoms with E-state index in [0.29, 0.717) is 12.1 Å². The summed E-state index contributed by atoms with van der Waals surface area (Å²) in [5.74, 6) is -1.06. The number of carbonyl (C=O) groups is 1. The Hall–Kier alpha value is -2.98. The fraction of sp³-hybridized carbons (Fsp3) is 0.200. The van der Waals surface area contributed by atoms with Crippen LogP contribution >= 0.6 is 11.3 Å². The van der Waals surface area contributed by atoms with Crippen LogP contribution < -0.4 is 14.9 Å². The van der Waals surface area contributed by atoms with Crippen molar-refractivity contribution in [1.29, 1.82) is 0 Å². The van der Waals surface area contributed by atoms with Crippen LogP contribution in [0.4, 0.5) is 15.2 Å². The third-order valence-electron chi connectivity index (χ3n) is 4.74. The number of sulfonamides is 1. The summed E-state index contributed by atoms with van der Waals surface area (Å²) in [4.78, 5) is 18.5. The molecule has 7 nitrogen and oxygen atoms in total. The van der Waals surface area contributed by atoms with Gasteiger partial charge in [0.05, 0.1) is 0 Å². The van der Waals surface area contributed by atoms with Crippen molar-refractivity contribution in [3.8, 4) is 0 Å². The van der Waals surface area contributed by atoms with Crippen LogP contribution in [0.1, 0.15) is 16.8 Å². The highest BCUT2D eigenvalue weighted by Crippen LogP contribution is 2.23. The van der Waals surface area contributed by atoms with E-state index in [4.69, 9.17) is 0 Å². The summed E-state index contributed by atoms with van der Waals surface area (Å²) < 4.78 is 40.8. The van der Waals surface area contributed by atoms with Crippen molar-refractivity contribution in [2.24, 2.45) is 0 Å². The first-order valence-corrected chi connectivity index (χ1v) is 11.6. The molecule has 1 saturated heterocycles. The van der Waals surface area contributed by atoms with E-state index in [9.17, 15) is 17.6 Å². The third kappa shape index (κ3) is 4.44. The van der Waals surface area contributed by atoms with Gasteiger partial charge in [-0.15, -0.1) is 11.3 Å². The lowest BCUT2D eigenvalue weighted by Crippen LogP contribution is -2.37. The van der Waals surface area contributed by atoms with Crippen molar-refractivity contribution < 1.29 is 17.6 Å². The normalized spacial score (nSPS) is 16.4. The molecule has 0 aliphatic carbocycles. The predicted molar refractivity (Wildman–Crippen MR) is 114 cm³/mol. The molecule has 1 aliphatic rings. The maximum absolute atomic E-state index is 13.8. The van der Waals surface area contributed by atoms with Gasteiger partial charge in [0.25, 0.3) is 15.9 Å². The average Bonchev–Trinajstić information content (AvgIpc) is 3.40. The van der Waals surface area contributed by atoms with E-state index in [1.165, 1.54) is 42.5 Å². The minimum Gasteiger partial charge on any atom is -0.347 e. The van der Waals surface area contributed by atoms with E-state index >= 15 is 0 Å². The van der Waals surface area contributed by atoms with Crippen molar-refractivity contribution in [3.05, 3.63) is 71.5 Å². The van der Waals surface area contributed by atoms with Crippen LogP contribution in [0.25, 0.3) is 0 Å². The highest BCUT2D eigenvalue weighted by atomic mass is 32.2. The molecule has 1 amide bonds. The second kappa shape index (κ2) is 8.41. The van der Waals surface area contributed by atoms with Gasteiger partial charge in [-0.25, -0.2) is 17.8 Å². The first-order valence-electron chi connectivity index (χ1n) is 9.25. The maximum Gasteiger partial charge on any atom is 0.264 e. The Morgan fingerprint density at radius 2 is 1.93 bits per heavy atom. The average molecular weight is 447 g/mol. The number of nitrogens with zero attached hydrogens (tertiary/aromatic N) is 2. The molecule has 1 aromatic heterocycles. The van der Waals surface area contributed by atoms with Crippen molar-refractivity contribution in [2.75, 3.05) is 22.7 Å². The van der Waals surface area contributed by atoms with Gasteiger partial charge in [0.2, 0.25) is 0 Å². The number of amides is 1. The van der Waals surface area contributed by atoms with E-state index in [1.807, 2.05) is 5.38 Å². The minimum absolute atomic E-state index is 0.0145. The summed E-state index contributed by atoms with van der Waals surface area (Å²) in [7, 11) is -4.06. The van der Waals surface area contributed by atoms with Gasteiger partial charge in [0.1, 0.15) is 10.7 Å². The maximum atomic E-state index is 13.8. The van der Waals surface area contributed by atoms with Crippen LogP contribution in [0.15, 0.2) is 65.0 Å². The van der Waals surface area contributed by atoms with Crippen LogP contribution in [-0.4, -0.2) is 38.4 Å². The lowest BCUT2D eigenvalue weighted by atomic mass is 10.1. The van der Waals surface area contributed by atoms with E-state index in [2.05, 4.69) is 19.9 Å². The summed E-state index contributed by atoms with van der Waals surface area (Å²) in [6.07, 6.45) is 2.58. The number of hydrogen-bond acceptors (Lipinski definition) is 6. The molecule has 2 N–H and O–H groups in total. The van der Waals surface area contributed by atoms with Crippen LogP contribution in [0, 0.1) is 5.82 Å². The number of aromatic nitrogens is 1. The molecule has 2 heterocycles. The molecule has 10 heteroatoms. The molecule has 0 spiro atoms. The Morgan fingerprint density at radius 3 is 2.63 bits per heavy atom. The first-order chi connectivity index (χ1) is 14.4. The quantitative estimate of drug-likeness (QED) is 0.607. The summed E-state index contributed by atoms with van der Waals surface area (Å²) in [6.45, 7) is 1.52. The second-order valence-corrected chi connectivity index (χ2v) is 9.36. The Morgan fingerprint density at radius 1 is 1.17 bits per heavy atom. The van der Waals surface area contributed by atoms with E-state index < -0.39 is 20.7 Å². The van der Waals surface area contributed by atoms with E-state index in [1.54, 1.807) is 17.5 Å². The SMILES string of the molecule is O=C(NC1CCN(c2nccs2)C1)c1ccc(NS(=O)(=O)c2ccccc2F)cc1. The lowest BCUT2D eigenvalue weighted by Gasteiger charge is -2.16. The fourth-order valence-corrected chi connectivity index (χ4v) is 5.07. The highest BCUT2D eigenvalue weighted by molar-refractivity contribution is 7.92. The Bertz CT molecular complexity index is 1140. The topological polar surface area (TPSA) is 91.4 Å². The van der Waals surface area contributed by atoms with Crippen molar-refractivity contribution in [1.82, 2.24) is 10.3 Å². The second-order valence-electron chi connectivity index (χ2n) is 6.83. The molecular formula is C20H19FN4O3S2. The smallest absolute Gasteiger partial charge is 0.264 e. The number of hydrogen-bond donors (Lipinski definition) is 2. The zero-order valence-corrected chi connectivity index (χ0v) is 17.4. The zero-order valence-electron chi connectivity index (χ0n) is 15.8. The Balaban J connectivity index is 1.38. The largest absolute Gasteiger partial charge is 0.347 e. The first kappa shape index (κ1) is 20.3. The standard InChI is InChI=1S/C20H19FN4O3S2/c21-17-3-1-2-4-18(17)30(27,28)24-15-7-5-14(6-8-15)19(26)23-16-9-11-25(13-16)20-22-10-12-29-20/h1-8,10,12,16,24H,9,11,13H2,(H,23,26). The lowest BCUT2D eigenvalue weighted by molar-refractivity contribution is 0.0940. The molecule has 4 rings (SSSR count). The van der Waals surface area contributed by atoms with E-state index in [-0.39, 0.29) is 17.6 Å². The van der Waals surface area contributed by atoms with Gasteiger partial charge in [0.15, 0.2) is 5.13 Å². The van der Waals surface area contributed by atoms with Crippen LogP contribution in [-0.2, 0) is 10.0 Å². The molecule has 0 saturated carbocycles. The molecular weight excluding hydrogens is 427 g/mol. The number of thiazole rings is 1. The van der Waals surface area contributed by atoms with Crippen molar-refractivity contribution in [3.63, 3.8) is 0 Å².